The van der Waals surface area contributed by atoms with Crippen LogP contribution in [0.25, 0.3) is 0 Å². The number of rotatable bonds is 10. The second-order valence-electron chi connectivity index (χ2n) is 9.14. The number of carbonyl (C=O) groups is 2. The third-order valence-electron chi connectivity index (χ3n) is 6.62. The zero-order valence-electron chi connectivity index (χ0n) is 20.3. The quantitative estimate of drug-likeness (QED) is 0.317. The topological polar surface area (TPSA) is 144 Å². The zero-order valence-corrected chi connectivity index (χ0v) is 21.1. The molecule has 5 N–H and O–H groups in total. The molecule has 2 unspecified atom stereocenters. The van der Waals surface area contributed by atoms with Crippen molar-refractivity contribution in [2.75, 3.05) is 55.4 Å². The number of hydrogen-bond donors (Lipinski definition) is 5. The molecule has 4 rings (SSSR count). The lowest BCUT2D eigenvalue weighted by Crippen LogP contribution is -2.42. The van der Waals surface area contributed by atoms with E-state index in [4.69, 9.17) is 11.6 Å². The van der Waals surface area contributed by atoms with Gasteiger partial charge < -0.3 is 31.3 Å². The Kier molecular flexibility index (Phi) is 8.76. The lowest BCUT2D eigenvalue weighted by molar-refractivity contribution is -0.126. The molecule has 2 fully saturated rings. The molecule has 0 bridgehead atoms. The number of nitrogens with zero attached hydrogens (tertiary/aromatic N) is 4. The van der Waals surface area contributed by atoms with Gasteiger partial charge in [0.1, 0.15) is 0 Å². The molecule has 2 aliphatic heterocycles. The molecule has 11 nitrogen and oxygen atoms in total. The number of aromatic nitrogens is 3. The average Bonchev–Trinajstić information content (AvgIpc) is 3.32. The summed E-state index contributed by atoms with van der Waals surface area (Å²) >= 11 is 6.39. The van der Waals surface area contributed by atoms with Crippen LogP contribution in [0.3, 0.4) is 0 Å². The standard InChI is InChI=1S/C24H33ClN8O3/c1-26-22-30-23(29-19(8-11-34)17-4-2-3-5-18(17)25)32-24(31-22)33-9-6-16(7-10-33)21(36)28-14-15-12-20(35)27-13-15/h2-5,15-16,19,34H,6-14H2,1H3,(H,27,35)(H,28,36)(H2,26,29,30,31,32). The van der Waals surface area contributed by atoms with E-state index >= 15 is 0 Å². The van der Waals surface area contributed by atoms with Gasteiger partial charge >= 0.3 is 0 Å². The first-order chi connectivity index (χ1) is 17.5. The van der Waals surface area contributed by atoms with E-state index in [-0.39, 0.29) is 36.3 Å². The molecular weight excluding hydrogens is 484 g/mol. The van der Waals surface area contributed by atoms with Gasteiger partial charge in [-0.25, -0.2) is 0 Å². The van der Waals surface area contributed by atoms with E-state index in [1.165, 1.54) is 0 Å². The Labute approximate surface area is 215 Å². The fourth-order valence-corrected chi connectivity index (χ4v) is 4.84. The Morgan fingerprint density at radius 1 is 1.22 bits per heavy atom. The Hall–Kier alpha value is -3.18. The van der Waals surface area contributed by atoms with E-state index in [1.54, 1.807) is 7.05 Å². The van der Waals surface area contributed by atoms with Crippen LogP contribution in [-0.2, 0) is 9.59 Å². The van der Waals surface area contributed by atoms with Crippen molar-refractivity contribution in [1.29, 1.82) is 0 Å². The number of anilines is 3. The minimum absolute atomic E-state index is 0.0249. The molecule has 2 aromatic rings. The zero-order chi connectivity index (χ0) is 25.5. The SMILES string of the molecule is CNc1nc(NC(CCO)c2ccccc2Cl)nc(N2CCC(C(=O)NCC3CNC(=O)C3)CC2)n1. The van der Waals surface area contributed by atoms with Gasteiger partial charge in [-0.05, 0) is 30.9 Å². The highest BCUT2D eigenvalue weighted by Crippen LogP contribution is 2.29. The number of benzene rings is 1. The van der Waals surface area contributed by atoms with E-state index in [9.17, 15) is 14.7 Å². The van der Waals surface area contributed by atoms with Gasteiger partial charge in [0.25, 0.3) is 0 Å². The molecule has 1 aromatic heterocycles. The molecule has 2 amide bonds. The normalized spacial score (nSPS) is 19.0. The number of amides is 2. The first-order valence-corrected chi connectivity index (χ1v) is 12.7. The summed E-state index contributed by atoms with van der Waals surface area (Å²) in [5.41, 5.74) is 0.853. The number of aliphatic hydroxyl groups excluding tert-OH is 1. The highest BCUT2D eigenvalue weighted by Gasteiger charge is 2.28. The molecule has 12 heteroatoms. The largest absolute Gasteiger partial charge is 0.396 e. The fraction of sp³-hybridized carbons (Fsp3) is 0.542. The Morgan fingerprint density at radius 3 is 2.64 bits per heavy atom. The molecule has 3 heterocycles. The number of aliphatic hydroxyl groups is 1. The maximum absolute atomic E-state index is 12.7. The second-order valence-corrected chi connectivity index (χ2v) is 9.55. The first kappa shape index (κ1) is 25.9. The van der Waals surface area contributed by atoms with Crippen molar-refractivity contribution >= 4 is 41.3 Å². The van der Waals surface area contributed by atoms with Gasteiger partial charge in [0, 0.05) is 63.1 Å². The number of piperidine rings is 1. The lowest BCUT2D eigenvalue weighted by atomic mass is 9.96. The summed E-state index contributed by atoms with van der Waals surface area (Å²) in [5.74, 6) is 1.49. The van der Waals surface area contributed by atoms with Crippen LogP contribution in [-0.4, -0.2) is 71.7 Å². The van der Waals surface area contributed by atoms with Gasteiger partial charge in [-0.1, -0.05) is 29.8 Å². The Morgan fingerprint density at radius 2 is 1.97 bits per heavy atom. The fourth-order valence-electron chi connectivity index (χ4n) is 4.57. The minimum Gasteiger partial charge on any atom is -0.396 e. The van der Waals surface area contributed by atoms with Crippen LogP contribution in [0.15, 0.2) is 24.3 Å². The Balaban J connectivity index is 1.39. The third kappa shape index (κ3) is 6.52. The maximum atomic E-state index is 12.7. The van der Waals surface area contributed by atoms with Crippen molar-refractivity contribution in [2.24, 2.45) is 11.8 Å². The van der Waals surface area contributed by atoms with Crippen molar-refractivity contribution in [2.45, 2.75) is 31.7 Å². The predicted octanol–water partition coefficient (Wildman–Crippen LogP) is 1.57. The molecule has 0 spiro atoms. The van der Waals surface area contributed by atoms with Crippen LogP contribution < -0.4 is 26.2 Å². The number of carbonyl (C=O) groups excluding carboxylic acids is 2. The number of halogens is 1. The molecule has 0 saturated carbocycles. The van der Waals surface area contributed by atoms with E-state index < -0.39 is 0 Å². The molecule has 0 aliphatic carbocycles. The molecule has 2 aliphatic rings. The summed E-state index contributed by atoms with van der Waals surface area (Å²) < 4.78 is 0. The maximum Gasteiger partial charge on any atom is 0.231 e. The third-order valence-corrected chi connectivity index (χ3v) is 6.97. The van der Waals surface area contributed by atoms with Crippen LogP contribution in [0.5, 0.6) is 0 Å². The molecule has 1 aromatic carbocycles. The van der Waals surface area contributed by atoms with Crippen LogP contribution >= 0.6 is 11.6 Å². The van der Waals surface area contributed by atoms with Crippen molar-refractivity contribution in [3.63, 3.8) is 0 Å². The van der Waals surface area contributed by atoms with Gasteiger partial charge in [0.05, 0.1) is 6.04 Å². The Bertz CT molecular complexity index is 1060. The summed E-state index contributed by atoms with van der Waals surface area (Å²) in [6.45, 7) is 2.39. The predicted molar refractivity (Wildman–Crippen MR) is 138 cm³/mol. The van der Waals surface area contributed by atoms with Gasteiger partial charge in [-0.3, -0.25) is 9.59 Å². The van der Waals surface area contributed by atoms with Gasteiger partial charge in [0.2, 0.25) is 29.7 Å². The molecule has 194 valence electrons. The van der Waals surface area contributed by atoms with Crippen LogP contribution in [0.2, 0.25) is 5.02 Å². The van der Waals surface area contributed by atoms with E-state index in [1.807, 2.05) is 29.2 Å². The van der Waals surface area contributed by atoms with E-state index in [0.29, 0.717) is 74.7 Å². The smallest absolute Gasteiger partial charge is 0.231 e. The summed E-state index contributed by atoms with van der Waals surface area (Å²) in [4.78, 5) is 39.7. The van der Waals surface area contributed by atoms with Crippen LogP contribution in [0.4, 0.5) is 17.8 Å². The summed E-state index contributed by atoms with van der Waals surface area (Å²) in [6, 6.07) is 7.20. The van der Waals surface area contributed by atoms with Gasteiger partial charge in [-0.2, -0.15) is 15.0 Å². The summed E-state index contributed by atoms with van der Waals surface area (Å²) in [6.07, 6.45) is 2.27. The van der Waals surface area contributed by atoms with Crippen LogP contribution in [0, 0.1) is 11.8 Å². The second kappa shape index (κ2) is 12.2. The summed E-state index contributed by atoms with van der Waals surface area (Å²) in [5, 5.41) is 22.3. The number of hydrogen-bond acceptors (Lipinski definition) is 9. The lowest BCUT2D eigenvalue weighted by Gasteiger charge is -2.31. The van der Waals surface area contributed by atoms with E-state index in [0.717, 1.165) is 5.56 Å². The number of nitrogens with one attached hydrogen (secondary N) is 4. The molecule has 2 atom stereocenters. The van der Waals surface area contributed by atoms with E-state index in [2.05, 4.69) is 36.2 Å². The monoisotopic (exact) mass is 516 g/mol. The molecule has 36 heavy (non-hydrogen) atoms. The van der Waals surface area contributed by atoms with Crippen molar-refractivity contribution in [1.82, 2.24) is 25.6 Å². The summed E-state index contributed by atoms with van der Waals surface area (Å²) in [7, 11) is 1.74. The van der Waals surface area contributed by atoms with Gasteiger partial charge in [0.15, 0.2) is 0 Å². The first-order valence-electron chi connectivity index (χ1n) is 12.3. The minimum atomic E-state index is -0.275. The van der Waals surface area contributed by atoms with Crippen molar-refractivity contribution in [3.05, 3.63) is 34.9 Å². The molecule has 2 saturated heterocycles. The highest BCUT2D eigenvalue weighted by atomic mass is 35.5. The van der Waals surface area contributed by atoms with Crippen molar-refractivity contribution < 1.29 is 14.7 Å². The van der Waals surface area contributed by atoms with Crippen molar-refractivity contribution in [3.8, 4) is 0 Å². The average molecular weight is 517 g/mol. The van der Waals surface area contributed by atoms with Gasteiger partial charge in [-0.15, -0.1) is 0 Å². The van der Waals surface area contributed by atoms with Crippen LogP contribution in [0.1, 0.15) is 37.3 Å². The molecule has 0 radical (unpaired) electrons. The molecular formula is C24H33ClN8O3. The highest BCUT2D eigenvalue weighted by molar-refractivity contribution is 6.31.